The normalized spacial score (nSPS) is 16.7. The fraction of sp³-hybridized carbons (Fsp3) is 0.500. The maximum Gasteiger partial charge on any atom is 0.240 e. The predicted molar refractivity (Wildman–Crippen MR) is 98.6 cm³/mol. The number of aryl methyl sites for hydroxylation is 2. The van der Waals surface area contributed by atoms with Crippen molar-refractivity contribution in [1.82, 2.24) is 20.0 Å². The molecular formula is C20H26N4O. The molecule has 1 aliphatic heterocycles. The van der Waals surface area contributed by atoms with Crippen LogP contribution in [0.1, 0.15) is 55.4 Å². The maximum absolute atomic E-state index is 5.33. The van der Waals surface area contributed by atoms with Gasteiger partial charge in [-0.15, -0.1) is 0 Å². The van der Waals surface area contributed by atoms with Gasteiger partial charge in [0, 0.05) is 23.5 Å². The molecule has 3 heterocycles. The van der Waals surface area contributed by atoms with Gasteiger partial charge in [-0.25, -0.2) is 0 Å². The predicted octanol–water partition coefficient (Wildman–Crippen LogP) is 4.06. The van der Waals surface area contributed by atoms with Crippen molar-refractivity contribution in [3.8, 4) is 0 Å². The van der Waals surface area contributed by atoms with Gasteiger partial charge in [0.25, 0.3) is 0 Å². The molecule has 1 fully saturated rings. The van der Waals surface area contributed by atoms with Crippen LogP contribution in [0, 0.1) is 0 Å². The Kier molecular flexibility index (Phi) is 4.57. The fourth-order valence-corrected chi connectivity index (χ4v) is 3.96. The summed E-state index contributed by atoms with van der Waals surface area (Å²) in [6.07, 6.45) is 6.48. The van der Waals surface area contributed by atoms with Gasteiger partial charge >= 0.3 is 0 Å². The largest absolute Gasteiger partial charge is 0.361 e. The molecule has 1 N–H and O–H groups in total. The summed E-state index contributed by atoms with van der Waals surface area (Å²) in [6, 6.07) is 6.67. The Labute approximate surface area is 148 Å². The van der Waals surface area contributed by atoms with Crippen molar-refractivity contribution in [2.45, 2.75) is 52.0 Å². The summed E-state index contributed by atoms with van der Waals surface area (Å²) in [5.74, 6) is 2.18. The van der Waals surface area contributed by atoms with Crippen molar-refractivity contribution in [2.24, 2.45) is 0 Å². The van der Waals surface area contributed by atoms with Gasteiger partial charge in [-0.1, -0.05) is 37.2 Å². The van der Waals surface area contributed by atoms with Crippen molar-refractivity contribution < 1.29 is 4.52 Å². The fourth-order valence-electron chi connectivity index (χ4n) is 3.96. The third-order valence-corrected chi connectivity index (χ3v) is 5.43. The highest BCUT2D eigenvalue weighted by molar-refractivity contribution is 5.86. The minimum Gasteiger partial charge on any atom is -0.361 e. The quantitative estimate of drug-likeness (QED) is 0.762. The van der Waals surface area contributed by atoms with Crippen LogP contribution in [-0.4, -0.2) is 33.1 Å². The van der Waals surface area contributed by atoms with Crippen LogP contribution in [0.4, 0.5) is 0 Å². The monoisotopic (exact) mass is 338 g/mol. The van der Waals surface area contributed by atoms with E-state index in [1.807, 2.05) is 6.92 Å². The minimum atomic E-state index is 0.631. The Morgan fingerprint density at radius 3 is 2.76 bits per heavy atom. The highest BCUT2D eigenvalue weighted by Gasteiger charge is 2.24. The maximum atomic E-state index is 5.33. The molecule has 0 aliphatic carbocycles. The van der Waals surface area contributed by atoms with Crippen LogP contribution in [0.2, 0.25) is 0 Å². The standard InChI is InChI=1S/C20H26N4O/c1-3-14-6-5-7-16-17(12-21-20(14)16)15-8-10-24(11-9-15)13-19-22-18(4-2)23-25-19/h5-7,12,15,21H,3-4,8-11,13H2,1-2H3. The van der Waals surface area contributed by atoms with Crippen LogP contribution in [0.15, 0.2) is 28.9 Å². The third kappa shape index (κ3) is 3.21. The SMILES string of the molecule is CCc1noc(CN2CCC(c3c[nH]c4c(CC)cccc34)CC2)n1. The number of rotatable bonds is 5. The van der Waals surface area contributed by atoms with E-state index in [1.54, 1.807) is 0 Å². The first-order valence-electron chi connectivity index (χ1n) is 9.41. The van der Waals surface area contributed by atoms with E-state index < -0.39 is 0 Å². The number of fused-ring (bicyclic) bond motifs is 1. The van der Waals surface area contributed by atoms with Gasteiger partial charge in [0.05, 0.1) is 6.54 Å². The number of nitrogens with one attached hydrogen (secondary N) is 1. The molecule has 132 valence electrons. The number of likely N-dealkylation sites (tertiary alicyclic amines) is 1. The van der Waals surface area contributed by atoms with Crippen molar-refractivity contribution in [2.75, 3.05) is 13.1 Å². The molecule has 5 nitrogen and oxygen atoms in total. The molecule has 3 aromatic rings. The third-order valence-electron chi connectivity index (χ3n) is 5.43. The molecule has 4 rings (SSSR count). The van der Waals surface area contributed by atoms with Crippen LogP contribution in [0.25, 0.3) is 10.9 Å². The first-order chi connectivity index (χ1) is 12.3. The molecule has 0 atom stereocenters. The molecule has 2 aromatic heterocycles. The lowest BCUT2D eigenvalue weighted by Gasteiger charge is -2.30. The highest BCUT2D eigenvalue weighted by atomic mass is 16.5. The minimum absolute atomic E-state index is 0.631. The van der Waals surface area contributed by atoms with Crippen molar-refractivity contribution >= 4 is 10.9 Å². The first-order valence-corrected chi connectivity index (χ1v) is 9.41. The van der Waals surface area contributed by atoms with E-state index in [-0.39, 0.29) is 0 Å². The van der Waals surface area contributed by atoms with E-state index in [9.17, 15) is 0 Å². The molecule has 0 radical (unpaired) electrons. The molecule has 0 amide bonds. The van der Waals surface area contributed by atoms with E-state index in [1.165, 1.54) is 34.9 Å². The smallest absolute Gasteiger partial charge is 0.240 e. The zero-order chi connectivity index (χ0) is 17.2. The number of hydrogen-bond acceptors (Lipinski definition) is 4. The second-order valence-electron chi connectivity index (χ2n) is 6.95. The molecular weight excluding hydrogens is 312 g/mol. The lowest BCUT2D eigenvalue weighted by Crippen LogP contribution is -2.32. The van der Waals surface area contributed by atoms with Crippen LogP contribution in [0.5, 0.6) is 0 Å². The Morgan fingerprint density at radius 1 is 1.20 bits per heavy atom. The van der Waals surface area contributed by atoms with Crippen molar-refractivity contribution in [1.29, 1.82) is 0 Å². The van der Waals surface area contributed by atoms with Crippen molar-refractivity contribution in [3.05, 3.63) is 47.2 Å². The number of nitrogens with zero attached hydrogens (tertiary/aromatic N) is 3. The van der Waals surface area contributed by atoms with Gasteiger partial charge < -0.3 is 9.51 Å². The molecule has 1 aliphatic rings. The molecule has 0 spiro atoms. The molecule has 0 bridgehead atoms. The summed E-state index contributed by atoms with van der Waals surface area (Å²) in [6.45, 7) is 7.19. The topological polar surface area (TPSA) is 58.0 Å². The van der Waals surface area contributed by atoms with Crippen molar-refractivity contribution in [3.63, 3.8) is 0 Å². The number of H-pyrrole nitrogens is 1. The van der Waals surface area contributed by atoms with Gasteiger partial charge in [-0.3, -0.25) is 4.90 Å². The Balaban J connectivity index is 1.43. The lowest BCUT2D eigenvalue weighted by molar-refractivity contribution is 0.181. The van der Waals surface area contributed by atoms with E-state index in [4.69, 9.17) is 4.52 Å². The van der Waals surface area contributed by atoms with Crippen LogP contribution in [-0.2, 0) is 19.4 Å². The summed E-state index contributed by atoms with van der Waals surface area (Å²) in [7, 11) is 0. The van der Waals surface area contributed by atoms with E-state index in [2.05, 4.69) is 51.3 Å². The van der Waals surface area contributed by atoms with Gasteiger partial charge in [-0.05, 0) is 49.4 Å². The average molecular weight is 338 g/mol. The Bertz CT molecular complexity index is 842. The molecule has 25 heavy (non-hydrogen) atoms. The van der Waals surface area contributed by atoms with Gasteiger partial charge in [-0.2, -0.15) is 4.98 Å². The average Bonchev–Trinajstić information content (AvgIpc) is 3.29. The van der Waals surface area contributed by atoms with Crippen LogP contribution < -0.4 is 0 Å². The number of hydrogen-bond donors (Lipinski definition) is 1. The second kappa shape index (κ2) is 7.00. The van der Waals surface area contributed by atoms with Gasteiger partial charge in [0.15, 0.2) is 5.82 Å². The molecule has 0 saturated carbocycles. The molecule has 1 aromatic carbocycles. The zero-order valence-corrected chi connectivity index (χ0v) is 15.1. The molecule has 5 heteroatoms. The molecule has 0 unspecified atom stereocenters. The number of benzene rings is 1. The summed E-state index contributed by atoms with van der Waals surface area (Å²) < 4.78 is 5.33. The summed E-state index contributed by atoms with van der Waals surface area (Å²) in [4.78, 5) is 10.4. The van der Waals surface area contributed by atoms with Gasteiger partial charge in [0.1, 0.15) is 0 Å². The number of aromatic amines is 1. The van der Waals surface area contributed by atoms with Gasteiger partial charge in [0.2, 0.25) is 5.89 Å². The lowest BCUT2D eigenvalue weighted by atomic mass is 9.89. The van der Waals surface area contributed by atoms with E-state index >= 15 is 0 Å². The Hall–Kier alpha value is -2.14. The summed E-state index contributed by atoms with van der Waals surface area (Å²) >= 11 is 0. The van der Waals surface area contributed by atoms with Crippen LogP contribution in [0.3, 0.4) is 0 Å². The highest BCUT2D eigenvalue weighted by Crippen LogP contribution is 2.34. The number of aromatic nitrogens is 3. The zero-order valence-electron chi connectivity index (χ0n) is 15.1. The second-order valence-corrected chi connectivity index (χ2v) is 6.95. The summed E-state index contributed by atoms with van der Waals surface area (Å²) in [5, 5.41) is 5.39. The van der Waals surface area contributed by atoms with E-state index in [0.29, 0.717) is 5.92 Å². The van der Waals surface area contributed by atoms with Crippen LogP contribution >= 0.6 is 0 Å². The first kappa shape index (κ1) is 16.3. The molecule has 1 saturated heterocycles. The Morgan fingerprint density at radius 2 is 2.04 bits per heavy atom. The summed E-state index contributed by atoms with van der Waals surface area (Å²) in [5.41, 5.74) is 4.21. The number of para-hydroxylation sites is 1. The number of piperidine rings is 1. The van der Waals surface area contributed by atoms with E-state index in [0.717, 1.165) is 44.2 Å².